The van der Waals surface area contributed by atoms with E-state index < -0.39 is 15.9 Å². The molecule has 0 unspecified atom stereocenters. The van der Waals surface area contributed by atoms with Gasteiger partial charge in [0.1, 0.15) is 10.8 Å². The van der Waals surface area contributed by atoms with Crippen LogP contribution in [0.1, 0.15) is 11.1 Å². The third-order valence-corrected chi connectivity index (χ3v) is 7.10. The number of hydrogen-bond acceptors (Lipinski definition) is 4. The van der Waals surface area contributed by atoms with Crippen LogP contribution in [0.2, 0.25) is 0 Å². The predicted octanol–water partition coefficient (Wildman–Crippen LogP) is 4.20. The standard InChI is InChI=1S/C20H20N2O3S2/c1-15-8-10-18(11-9-15)22(27(24,25)20-7-4-12-26-20)14-19(23)21-17-6-3-5-16(2)13-17/h3-13H,14H2,1-2H3,(H,21,23). The smallest absolute Gasteiger partial charge is 0.274 e. The Labute approximate surface area is 163 Å². The van der Waals surface area contributed by atoms with E-state index in [0.717, 1.165) is 26.8 Å². The zero-order valence-electron chi connectivity index (χ0n) is 15.0. The number of carbonyl (C=O) groups excluding carboxylic acids is 1. The summed E-state index contributed by atoms with van der Waals surface area (Å²) in [6.45, 7) is 3.54. The lowest BCUT2D eigenvalue weighted by molar-refractivity contribution is -0.114. The Morgan fingerprint density at radius 1 is 1.00 bits per heavy atom. The molecule has 140 valence electrons. The molecule has 0 aliphatic heterocycles. The first kappa shape index (κ1) is 19.1. The van der Waals surface area contributed by atoms with Gasteiger partial charge in [-0.2, -0.15) is 0 Å². The minimum Gasteiger partial charge on any atom is -0.325 e. The topological polar surface area (TPSA) is 66.5 Å². The number of amides is 1. The first-order valence-corrected chi connectivity index (χ1v) is 10.7. The van der Waals surface area contributed by atoms with Crippen LogP contribution in [0.15, 0.2) is 70.3 Å². The van der Waals surface area contributed by atoms with Crippen molar-refractivity contribution in [3.63, 3.8) is 0 Å². The number of thiophene rings is 1. The average Bonchev–Trinajstić information content (AvgIpc) is 3.16. The Morgan fingerprint density at radius 3 is 2.37 bits per heavy atom. The van der Waals surface area contributed by atoms with Crippen LogP contribution in [0.25, 0.3) is 0 Å². The molecule has 0 saturated carbocycles. The summed E-state index contributed by atoms with van der Waals surface area (Å²) in [7, 11) is -3.83. The quantitative estimate of drug-likeness (QED) is 0.674. The Balaban J connectivity index is 1.90. The summed E-state index contributed by atoms with van der Waals surface area (Å²) in [6, 6.07) is 17.7. The summed E-state index contributed by atoms with van der Waals surface area (Å²) < 4.78 is 27.5. The zero-order chi connectivity index (χ0) is 19.4. The highest BCUT2D eigenvalue weighted by Crippen LogP contribution is 2.27. The van der Waals surface area contributed by atoms with Crippen LogP contribution in [-0.2, 0) is 14.8 Å². The van der Waals surface area contributed by atoms with Gasteiger partial charge >= 0.3 is 0 Å². The van der Waals surface area contributed by atoms with E-state index in [2.05, 4.69) is 5.32 Å². The van der Waals surface area contributed by atoms with Gasteiger partial charge in [0, 0.05) is 5.69 Å². The van der Waals surface area contributed by atoms with Crippen LogP contribution in [0.5, 0.6) is 0 Å². The number of hydrogen-bond donors (Lipinski definition) is 1. The second-order valence-electron chi connectivity index (χ2n) is 6.20. The number of benzene rings is 2. The number of nitrogens with one attached hydrogen (secondary N) is 1. The maximum atomic E-state index is 13.1. The van der Waals surface area contributed by atoms with Crippen LogP contribution >= 0.6 is 11.3 Å². The molecule has 5 nitrogen and oxygen atoms in total. The van der Waals surface area contributed by atoms with Crippen molar-refractivity contribution in [2.24, 2.45) is 0 Å². The highest BCUT2D eigenvalue weighted by Gasteiger charge is 2.28. The Hall–Kier alpha value is -2.64. The highest BCUT2D eigenvalue weighted by molar-refractivity contribution is 7.94. The highest BCUT2D eigenvalue weighted by atomic mass is 32.2. The summed E-state index contributed by atoms with van der Waals surface area (Å²) in [5.74, 6) is -0.402. The van der Waals surface area contributed by atoms with Gasteiger partial charge in [0.25, 0.3) is 10.0 Å². The molecule has 3 rings (SSSR count). The molecule has 0 spiro atoms. The average molecular weight is 401 g/mol. The van der Waals surface area contributed by atoms with Crippen molar-refractivity contribution in [2.75, 3.05) is 16.2 Å². The molecule has 0 aliphatic rings. The fraction of sp³-hybridized carbons (Fsp3) is 0.150. The molecule has 0 atom stereocenters. The SMILES string of the molecule is Cc1ccc(N(CC(=O)Nc2cccc(C)c2)S(=O)(=O)c2cccs2)cc1. The Bertz CT molecular complexity index is 1030. The molecule has 1 heterocycles. The molecule has 0 bridgehead atoms. The molecule has 3 aromatic rings. The monoisotopic (exact) mass is 400 g/mol. The summed E-state index contributed by atoms with van der Waals surface area (Å²) in [6.07, 6.45) is 0. The van der Waals surface area contributed by atoms with Gasteiger partial charge in [-0.15, -0.1) is 11.3 Å². The van der Waals surface area contributed by atoms with Gasteiger partial charge in [-0.3, -0.25) is 9.10 Å². The van der Waals surface area contributed by atoms with Crippen molar-refractivity contribution in [3.05, 3.63) is 77.2 Å². The van der Waals surface area contributed by atoms with Crippen molar-refractivity contribution in [3.8, 4) is 0 Å². The molecule has 0 saturated heterocycles. The lowest BCUT2D eigenvalue weighted by atomic mass is 10.2. The van der Waals surface area contributed by atoms with E-state index >= 15 is 0 Å². The van der Waals surface area contributed by atoms with Crippen LogP contribution in [0, 0.1) is 13.8 Å². The summed E-state index contributed by atoms with van der Waals surface area (Å²) >= 11 is 1.13. The molecular formula is C20H20N2O3S2. The second kappa shape index (κ2) is 7.94. The van der Waals surface area contributed by atoms with E-state index in [4.69, 9.17) is 0 Å². The second-order valence-corrected chi connectivity index (χ2v) is 9.23. The molecule has 0 radical (unpaired) electrons. The number of anilines is 2. The van der Waals surface area contributed by atoms with Gasteiger partial charge in [-0.25, -0.2) is 8.42 Å². The first-order valence-electron chi connectivity index (χ1n) is 8.36. The van der Waals surface area contributed by atoms with Crippen molar-refractivity contribution in [1.82, 2.24) is 0 Å². The van der Waals surface area contributed by atoms with E-state index in [1.165, 1.54) is 0 Å². The van der Waals surface area contributed by atoms with Gasteiger partial charge < -0.3 is 5.32 Å². The fourth-order valence-electron chi connectivity index (χ4n) is 2.60. The van der Waals surface area contributed by atoms with Crippen molar-refractivity contribution in [2.45, 2.75) is 18.1 Å². The number of nitrogens with zero attached hydrogens (tertiary/aromatic N) is 1. The maximum absolute atomic E-state index is 13.1. The van der Waals surface area contributed by atoms with E-state index in [9.17, 15) is 13.2 Å². The molecule has 0 aliphatic carbocycles. The van der Waals surface area contributed by atoms with Crippen molar-refractivity contribution in [1.29, 1.82) is 0 Å². The Kier molecular flexibility index (Phi) is 5.62. The fourth-order valence-corrected chi connectivity index (χ4v) is 5.12. The number of sulfonamides is 1. The number of rotatable bonds is 6. The predicted molar refractivity (Wildman–Crippen MR) is 110 cm³/mol. The molecule has 7 heteroatoms. The zero-order valence-corrected chi connectivity index (χ0v) is 16.7. The number of aryl methyl sites for hydroxylation is 2. The van der Waals surface area contributed by atoms with Crippen LogP contribution in [0.3, 0.4) is 0 Å². The lowest BCUT2D eigenvalue weighted by Crippen LogP contribution is -2.37. The van der Waals surface area contributed by atoms with Gasteiger partial charge in [0.05, 0.1) is 5.69 Å². The normalized spacial score (nSPS) is 11.2. The van der Waals surface area contributed by atoms with E-state index in [1.807, 2.05) is 44.2 Å². The molecule has 1 aromatic heterocycles. The summed E-state index contributed by atoms with van der Waals surface area (Å²) in [5, 5.41) is 4.47. The lowest BCUT2D eigenvalue weighted by Gasteiger charge is -2.23. The van der Waals surface area contributed by atoms with E-state index in [1.54, 1.807) is 35.7 Å². The van der Waals surface area contributed by atoms with E-state index in [-0.39, 0.29) is 10.8 Å². The van der Waals surface area contributed by atoms with Crippen LogP contribution in [-0.4, -0.2) is 20.9 Å². The maximum Gasteiger partial charge on any atom is 0.274 e. The first-order chi connectivity index (χ1) is 12.9. The minimum absolute atomic E-state index is 0.200. The van der Waals surface area contributed by atoms with Gasteiger partial charge in [-0.05, 0) is 55.1 Å². The summed E-state index contributed by atoms with van der Waals surface area (Å²) in [4.78, 5) is 12.6. The molecule has 0 fully saturated rings. The molecule has 1 N–H and O–H groups in total. The molecule has 2 aromatic carbocycles. The van der Waals surface area contributed by atoms with Crippen LogP contribution < -0.4 is 9.62 Å². The molecule has 1 amide bonds. The Morgan fingerprint density at radius 2 is 1.74 bits per heavy atom. The van der Waals surface area contributed by atoms with Crippen molar-refractivity contribution < 1.29 is 13.2 Å². The van der Waals surface area contributed by atoms with Crippen LogP contribution in [0.4, 0.5) is 11.4 Å². The van der Waals surface area contributed by atoms with Crippen molar-refractivity contribution >= 4 is 38.6 Å². The third-order valence-electron chi connectivity index (χ3n) is 3.95. The van der Waals surface area contributed by atoms with E-state index in [0.29, 0.717) is 11.4 Å². The largest absolute Gasteiger partial charge is 0.325 e. The molecular weight excluding hydrogens is 380 g/mol. The van der Waals surface area contributed by atoms with Gasteiger partial charge in [0.2, 0.25) is 5.91 Å². The van der Waals surface area contributed by atoms with Gasteiger partial charge in [0.15, 0.2) is 0 Å². The minimum atomic E-state index is -3.83. The third kappa shape index (κ3) is 4.56. The van der Waals surface area contributed by atoms with Gasteiger partial charge in [-0.1, -0.05) is 35.9 Å². The number of carbonyl (C=O) groups is 1. The molecule has 27 heavy (non-hydrogen) atoms. The summed E-state index contributed by atoms with van der Waals surface area (Å²) in [5.41, 5.74) is 3.11.